The number of unbranched alkanes of at least 4 members (excludes halogenated alkanes) is 20. The number of aliphatic hydroxyl groups is 4. The van der Waals surface area contributed by atoms with E-state index in [-0.39, 0.29) is 19.2 Å². The number of carbonyl (C=O) groups excluding carboxylic acids is 1. The van der Waals surface area contributed by atoms with Gasteiger partial charge >= 0.3 is 5.97 Å². The number of hydrogen-bond donors (Lipinski definition) is 4. The van der Waals surface area contributed by atoms with Crippen molar-refractivity contribution < 1.29 is 44.2 Å². The molecule has 0 aromatic rings. The zero-order valence-electron chi connectivity index (χ0n) is 45.6. The summed E-state index contributed by atoms with van der Waals surface area (Å²) in [4.78, 5) is 12.9. The van der Waals surface area contributed by atoms with Crippen molar-refractivity contribution in [2.45, 2.75) is 256 Å². The average Bonchev–Trinajstić information content (AvgIpc) is 3.38. The largest absolute Gasteiger partial charge is 0.457 e. The number of allylic oxidation sites excluding steroid dienone is 18. The van der Waals surface area contributed by atoms with Crippen LogP contribution in [0.4, 0.5) is 0 Å². The Balaban J connectivity index is 2.17. The topological polar surface area (TPSA) is 135 Å². The molecule has 6 unspecified atom stereocenters. The third-order valence-corrected chi connectivity index (χ3v) is 12.7. The van der Waals surface area contributed by atoms with Crippen LogP contribution in [0.3, 0.4) is 0 Å². The molecule has 72 heavy (non-hydrogen) atoms. The second kappa shape index (κ2) is 52.7. The normalized spacial score (nSPS) is 19.6. The summed E-state index contributed by atoms with van der Waals surface area (Å²) >= 11 is 0. The molecule has 4 N–H and O–H groups in total. The molecule has 0 aromatic carbocycles. The first-order valence-corrected chi connectivity index (χ1v) is 29.0. The van der Waals surface area contributed by atoms with Gasteiger partial charge in [-0.1, -0.05) is 226 Å². The lowest BCUT2D eigenvalue weighted by molar-refractivity contribution is -0.305. The van der Waals surface area contributed by atoms with Crippen LogP contribution in [-0.4, -0.2) is 89.6 Å². The van der Waals surface area contributed by atoms with Gasteiger partial charge < -0.3 is 39.4 Å². The van der Waals surface area contributed by atoms with Gasteiger partial charge in [0.15, 0.2) is 6.29 Å². The molecule has 1 heterocycles. The first-order chi connectivity index (χ1) is 35.4. The second-order valence-electron chi connectivity index (χ2n) is 19.3. The molecular formula is C63H106O9. The molecule has 0 bridgehead atoms. The number of carbonyl (C=O) groups is 1. The minimum absolute atomic E-state index is 0.123. The highest BCUT2D eigenvalue weighted by molar-refractivity contribution is 5.69. The highest BCUT2D eigenvalue weighted by Crippen LogP contribution is 2.23. The van der Waals surface area contributed by atoms with Gasteiger partial charge in [0.05, 0.1) is 19.8 Å². The molecule has 9 nitrogen and oxygen atoms in total. The van der Waals surface area contributed by atoms with Gasteiger partial charge in [-0.2, -0.15) is 0 Å². The van der Waals surface area contributed by atoms with E-state index in [1.807, 2.05) is 0 Å². The number of ether oxygens (including phenoxy) is 4. The van der Waals surface area contributed by atoms with Crippen LogP contribution in [0, 0.1) is 0 Å². The Labute approximate surface area is 440 Å². The molecule has 6 atom stereocenters. The van der Waals surface area contributed by atoms with E-state index in [1.165, 1.54) is 103 Å². The zero-order valence-corrected chi connectivity index (χ0v) is 45.6. The lowest BCUT2D eigenvalue weighted by Crippen LogP contribution is -2.59. The first kappa shape index (κ1) is 66.9. The molecule has 412 valence electrons. The van der Waals surface area contributed by atoms with E-state index in [0.29, 0.717) is 13.0 Å². The van der Waals surface area contributed by atoms with Crippen LogP contribution in [0.5, 0.6) is 0 Å². The molecule has 0 aromatic heterocycles. The predicted octanol–water partition coefficient (Wildman–Crippen LogP) is 15.3. The van der Waals surface area contributed by atoms with Crippen molar-refractivity contribution >= 4 is 5.97 Å². The molecule has 1 aliphatic rings. The van der Waals surface area contributed by atoms with Crippen LogP contribution in [0.1, 0.15) is 219 Å². The Morgan fingerprint density at radius 3 is 1.21 bits per heavy atom. The standard InChI is InChI=1S/C63H106O9/c1-3-5-7-9-11-13-15-17-19-21-23-25-27-29-30-32-34-36-38-40-42-44-46-48-50-52-59(65)71-57(56-70-63-62(68)61(67)60(66)58(54-64)72-63)55-69-53-51-49-47-45-43-41-39-37-35-33-31-28-26-24-22-20-18-16-14-12-10-8-6-4-2/h5-8,11-14,17-20,23-26,29-30,57-58,60-64,66-68H,3-4,9-10,15-16,21-22,27-28,31-56H2,1-2H3/b7-5-,8-6-,13-11-,14-12-,19-17-,20-18-,25-23-,26-24-,30-29-. The van der Waals surface area contributed by atoms with Crippen LogP contribution >= 0.6 is 0 Å². The quantitative estimate of drug-likeness (QED) is 0.0267. The monoisotopic (exact) mass is 1010 g/mol. The Hall–Kier alpha value is -3.15. The molecule has 9 heteroatoms. The van der Waals surface area contributed by atoms with E-state index >= 15 is 0 Å². The summed E-state index contributed by atoms with van der Waals surface area (Å²) in [6, 6.07) is 0. The first-order valence-electron chi connectivity index (χ1n) is 29.0. The van der Waals surface area contributed by atoms with E-state index in [0.717, 1.165) is 96.3 Å². The van der Waals surface area contributed by atoms with E-state index < -0.39 is 43.4 Å². The van der Waals surface area contributed by atoms with E-state index in [9.17, 15) is 25.2 Å². The highest BCUT2D eigenvalue weighted by Gasteiger charge is 2.44. The van der Waals surface area contributed by atoms with Crippen molar-refractivity contribution in [2.75, 3.05) is 26.4 Å². The number of esters is 1. The lowest BCUT2D eigenvalue weighted by atomic mass is 9.99. The fourth-order valence-electron chi connectivity index (χ4n) is 8.28. The second-order valence-corrected chi connectivity index (χ2v) is 19.3. The molecular weight excluding hydrogens is 901 g/mol. The molecule has 1 rings (SSSR count). The van der Waals surface area contributed by atoms with Crippen molar-refractivity contribution in [3.8, 4) is 0 Å². The molecule has 0 radical (unpaired) electrons. The Morgan fingerprint density at radius 1 is 0.444 bits per heavy atom. The van der Waals surface area contributed by atoms with Crippen LogP contribution < -0.4 is 0 Å². The summed E-state index contributed by atoms with van der Waals surface area (Å²) in [5.41, 5.74) is 0. The number of aliphatic hydroxyl groups excluding tert-OH is 4. The van der Waals surface area contributed by atoms with E-state index in [1.54, 1.807) is 0 Å². The Kier molecular flexibility index (Phi) is 48.9. The van der Waals surface area contributed by atoms with Crippen molar-refractivity contribution in [1.82, 2.24) is 0 Å². The van der Waals surface area contributed by atoms with Gasteiger partial charge in [-0.05, 0) is 96.3 Å². The maximum Gasteiger partial charge on any atom is 0.306 e. The van der Waals surface area contributed by atoms with Crippen LogP contribution in [0.2, 0.25) is 0 Å². The zero-order chi connectivity index (χ0) is 52.1. The summed E-state index contributed by atoms with van der Waals surface area (Å²) in [6.45, 7) is 4.32. The van der Waals surface area contributed by atoms with Gasteiger partial charge in [-0.3, -0.25) is 4.79 Å². The van der Waals surface area contributed by atoms with Crippen molar-refractivity contribution in [3.05, 3.63) is 109 Å². The van der Waals surface area contributed by atoms with Gasteiger partial charge in [-0.25, -0.2) is 0 Å². The van der Waals surface area contributed by atoms with Gasteiger partial charge in [0, 0.05) is 13.0 Å². The molecule has 1 fully saturated rings. The van der Waals surface area contributed by atoms with Crippen molar-refractivity contribution in [1.29, 1.82) is 0 Å². The van der Waals surface area contributed by atoms with Crippen molar-refractivity contribution in [2.24, 2.45) is 0 Å². The molecule has 1 aliphatic heterocycles. The number of hydrogen-bond acceptors (Lipinski definition) is 9. The van der Waals surface area contributed by atoms with Gasteiger partial charge in [-0.15, -0.1) is 0 Å². The lowest BCUT2D eigenvalue weighted by Gasteiger charge is -2.39. The summed E-state index contributed by atoms with van der Waals surface area (Å²) in [5.74, 6) is -0.324. The van der Waals surface area contributed by atoms with Gasteiger partial charge in [0.25, 0.3) is 0 Å². The fourth-order valence-corrected chi connectivity index (χ4v) is 8.28. The van der Waals surface area contributed by atoms with Crippen molar-refractivity contribution in [3.63, 3.8) is 0 Å². The third-order valence-electron chi connectivity index (χ3n) is 12.7. The highest BCUT2D eigenvalue weighted by atomic mass is 16.7. The average molecular weight is 1010 g/mol. The molecule has 0 spiro atoms. The van der Waals surface area contributed by atoms with Crippen LogP contribution in [0.25, 0.3) is 0 Å². The Bertz CT molecular complexity index is 1470. The fraction of sp³-hybridized carbons (Fsp3) is 0.698. The molecule has 0 aliphatic carbocycles. The SMILES string of the molecule is CC/C=C\C/C=C\C/C=C\C/C=C\C/C=C\CCCCCCCCCCCC(=O)OC(COCCCCCCCCCCCCC/C=C\C/C=C\C/C=C\C/C=C\CC)COC1OC(CO)C(O)C(O)C1O. The summed E-state index contributed by atoms with van der Waals surface area (Å²) in [6.07, 6.45) is 68.4. The maximum atomic E-state index is 12.9. The smallest absolute Gasteiger partial charge is 0.306 e. The summed E-state index contributed by atoms with van der Waals surface area (Å²) in [7, 11) is 0. The predicted molar refractivity (Wildman–Crippen MR) is 302 cm³/mol. The maximum absolute atomic E-state index is 12.9. The Morgan fingerprint density at radius 2 is 0.806 bits per heavy atom. The summed E-state index contributed by atoms with van der Waals surface area (Å²) in [5, 5.41) is 40.4. The minimum Gasteiger partial charge on any atom is -0.457 e. The summed E-state index contributed by atoms with van der Waals surface area (Å²) < 4.78 is 23.0. The minimum atomic E-state index is -1.55. The molecule has 0 amide bonds. The van der Waals surface area contributed by atoms with Crippen LogP contribution in [-0.2, 0) is 23.7 Å². The third kappa shape index (κ3) is 42.2. The molecule has 1 saturated heterocycles. The molecule has 0 saturated carbocycles. The van der Waals surface area contributed by atoms with Gasteiger partial charge in [0.2, 0.25) is 0 Å². The van der Waals surface area contributed by atoms with E-state index in [4.69, 9.17) is 18.9 Å². The van der Waals surface area contributed by atoms with Gasteiger partial charge in [0.1, 0.15) is 30.5 Å². The van der Waals surface area contributed by atoms with Crippen LogP contribution in [0.15, 0.2) is 109 Å². The van der Waals surface area contributed by atoms with E-state index in [2.05, 4.69) is 123 Å². The number of rotatable bonds is 49.